The maximum Gasteiger partial charge on any atom is 0.417 e. The number of hydrogen-bond donors (Lipinski definition) is 0. The smallest absolute Gasteiger partial charge is 0.166 e. The van der Waals surface area contributed by atoms with Crippen molar-refractivity contribution in [2.24, 2.45) is 0 Å². The third-order valence-electron chi connectivity index (χ3n) is 3.36. The normalized spacial score (nSPS) is 12.5. The predicted octanol–water partition coefficient (Wildman–Crippen LogP) is 6.16. The molecule has 0 aliphatic heterocycles. The molecule has 0 bridgehead atoms. The lowest BCUT2D eigenvalue weighted by molar-refractivity contribution is -0.161. The highest BCUT2D eigenvalue weighted by Gasteiger charge is 2.44. The van der Waals surface area contributed by atoms with Gasteiger partial charge in [0.1, 0.15) is 0 Å². The number of aryl methyl sites for hydroxylation is 1. The predicted molar refractivity (Wildman–Crippen MR) is 75.6 cm³/mol. The molecule has 0 nitrogen and oxygen atoms in total. The Balaban J connectivity index is 2.70. The van der Waals surface area contributed by atoms with Crippen molar-refractivity contribution < 1.29 is 26.3 Å². The lowest BCUT2D eigenvalue weighted by Crippen LogP contribution is -2.17. The first-order chi connectivity index (χ1) is 10.6. The molecule has 0 fully saturated rings. The van der Waals surface area contributed by atoms with Gasteiger partial charge in [0.25, 0.3) is 0 Å². The number of hydrogen-bond acceptors (Lipinski definition) is 0. The first-order valence-corrected chi connectivity index (χ1v) is 6.80. The summed E-state index contributed by atoms with van der Waals surface area (Å²) in [5, 5.41) is 0. The van der Waals surface area contributed by atoms with Crippen molar-refractivity contribution in [3.63, 3.8) is 0 Å². The van der Waals surface area contributed by atoms with E-state index in [1.807, 2.05) is 0 Å². The van der Waals surface area contributed by atoms with Crippen LogP contribution in [0.15, 0.2) is 42.5 Å². The Morgan fingerprint density at radius 3 is 2.04 bits per heavy atom. The molecule has 0 aliphatic rings. The zero-order valence-corrected chi connectivity index (χ0v) is 11.9. The molecular formula is C17H13F6. The maximum absolute atomic E-state index is 13.3. The Labute approximate surface area is 129 Å². The second-order valence-electron chi connectivity index (χ2n) is 5.03. The van der Waals surface area contributed by atoms with E-state index in [-0.39, 0.29) is 5.56 Å². The molecule has 0 atom stereocenters. The van der Waals surface area contributed by atoms with Gasteiger partial charge in [0.05, 0.1) is 11.1 Å². The summed E-state index contributed by atoms with van der Waals surface area (Å²) in [6, 6.07) is 8.57. The molecule has 6 heteroatoms. The SMILES string of the molecule is [CH2]CCc1cccc(-c2cccc(C(F)(F)F)c2C(F)(F)F)c1. The summed E-state index contributed by atoms with van der Waals surface area (Å²) in [5.74, 6) is 0. The molecule has 0 aliphatic carbocycles. The van der Waals surface area contributed by atoms with Crippen LogP contribution in [0.4, 0.5) is 26.3 Å². The van der Waals surface area contributed by atoms with Crippen molar-refractivity contribution in [2.45, 2.75) is 25.2 Å². The molecule has 0 N–H and O–H groups in total. The van der Waals surface area contributed by atoms with E-state index in [1.165, 1.54) is 18.2 Å². The van der Waals surface area contributed by atoms with E-state index in [1.54, 1.807) is 6.07 Å². The van der Waals surface area contributed by atoms with Crippen molar-refractivity contribution >= 4 is 0 Å². The quantitative estimate of drug-likeness (QED) is 0.591. The fourth-order valence-corrected chi connectivity index (χ4v) is 2.43. The second-order valence-corrected chi connectivity index (χ2v) is 5.03. The van der Waals surface area contributed by atoms with Crippen LogP contribution in [0.2, 0.25) is 0 Å². The minimum Gasteiger partial charge on any atom is -0.166 e. The topological polar surface area (TPSA) is 0 Å². The summed E-state index contributed by atoms with van der Waals surface area (Å²) in [6.45, 7) is 3.66. The molecule has 2 rings (SSSR count). The maximum atomic E-state index is 13.3. The van der Waals surface area contributed by atoms with Crippen molar-refractivity contribution in [2.75, 3.05) is 0 Å². The summed E-state index contributed by atoms with van der Waals surface area (Å²) in [4.78, 5) is 0. The van der Waals surface area contributed by atoms with Crippen LogP contribution >= 0.6 is 0 Å². The van der Waals surface area contributed by atoms with Gasteiger partial charge in [0.2, 0.25) is 0 Å². The molecule has 123 valence electrons. The molecule has 0 aromatic heterocycles. The summed E-state index contributed by atoms with van der Waals surface area (Å²) < 4.78 is 78.7. The van der Waals surface area contributed by atoms with E-state index in [0.717, 1.165) is 17.7 Å². The van der Waals surface area contributed by atoms with E-state index in [0.29, 0.717) is 18.9 Å². The Kier molecular flexibility index (Phi) is 4.73. The Morgan fingerprint density at radius 1 is 0.826 bits per heavy atom. The average molecular weight is 331 g/mol. The molecule has 0 saturated heterocycles. The van der Waals surface area contributed by atoms with Gasteiger partial charge in [-0.3, -0.25) is 0 Å². The highest BCUT2D eigenvalue weighted by molar-refractivity contribution is 5.70. The van der Waals surface area contributed by atoms with Gasteiger partial charge in [-0.1, -0.05) is 43.3 Å². The number of alkyl halides is 6. The summed E-state index contributed by atoms with van der Waals surface area (Å²) in [7, 11) is 0. The minimum absolute atomic E-state index is 0.106. The third-order valence-corrected chi connectivity index (χ3v) is 3.36. The lowest BCUT2D eigenvalue weighted by Gasteiger charge is -2.19. The first-order valence-electron chi connectivity index (χ1n) is 6.80. The van der Waals surface area contributed by atoms with Gasteiger partial charge >= 0.3 is 12.4 Å². The van der Waals surface area contributed by atoms with Crippen LogP contribution in [0.3, 0.4) is 0 Å². The molecule has 0 amide bonds. The fourth-order valence-electron chi connectivity index (χ4n) is 2.43. The molecule has 0 spiro atoms. The van der Waals surface area contributed by atoms with Gasteiger partial charge in [0.15, 0.2) is 0 Å². The van der Waals surface area contributed by atoms with Crippen molar-refractivity contribution in [3.05, 3.63) is 66.1 Å². The van der Waals surface area contributed by atoms with Crippen molar-refractivity contribution in [1.29, 1.82) is 0 Å². The third kappa shape index (κ3) is 3.86. The monoisotopic (exact) mass is 331 g/mol. The highest BCUT2D eigenvalue weighted by atomic mass is 19.4. The number of rotatable bonds is 3. The van der Waals surface area contributed by atoms with Crippen LogP contribution in [0.25, 0.3) is 11.1 Å². The van der Waals surface area contributed by atoms with Gasteiger partial charge < -0.3 is 0 Å². The van der Waals surface area contributed by atoms with Gasteiger partial charge in [-0.15, -0.1) is 0 Å². The van der Waals surface area contributed by atoms with Crippen molar-refractivity contribution in [3.8, 4) is 11.1 Å². The standard InChI is InChI=1S/C17H13F6/c1-2-5-11-6-3-7-12(10-11)13-8-4-9-14(16(18,19)20)15(13)17(21,22)23/h3-4,6-10H,1-2,5H2. The summed E-state index contributed by atoms with van der Waals surface area (Å²) in [5.41, 5.74) is -2.97. The van der Waals surface area contributed by atoms with Gasteiger partial charge in [-0.05, 0) is 35.6 Å². The summed E-state index contributed by atoms with van der Waals surface area (Å²) >= 11 is 0. The lowest BCUT2D eigenvalue weighted by atomic mass is 9.93. The van der Waals surface area contributed by atoms with E-state index >= 15 is 0 Å². The van der Waals surface area contributed by atoms with Gasteiger partial charge in [0, 0.05) is 0 Å². The van der Waals surface area contributed by atoms with E-state index in [4.69, 9.17) is 0 Å². The fraction of sp³-hybridized carbons (Fsp3) is 0.235. The molecule has 2 aromatic rings. The van der Waals surface area contributed by atoms with Gasteiger partial charge in [-0.25, -0.2) is 0 Å². The van der Waals surface area contributed by atoms with Crippen LogP contribution in [-0.2, 0) is 18.8 Å². The second kappa shape index (κ2) is 6.26. The Morgan fingerprint density at radius 2 is 1.48 bits per heavy atom. The first kappa shape index (κ1) is 17.4. The van der Waals surface area contributed by atoms with Crippen LogP contribution in [0.1, 0.15) is 23.1 Å². The minimum atomic E-state index is -5.11. The van der Waals surface area contributed by atoms with Crippen LogP contribution in [0.5, 0.6) is 0 Å². The van der Waals surface area contributed by atoms with Crippen LogP contribution in [-0.4, -0.2) is 0 Å². The van der Waals surface area contributed by atoms with E-state index < -0.39 is 29.0 Å². The molecular weight excluding hydrogens is 318 g/mol. The van der Waals surface area contributed by atoms with Crippen LogP contribution < -0.4 is 0 Å². The average Bonchev–Trinajstić information content (AvgIpc) is 2.45. The zero-order chi connectivity index (χ0) is 17.3. The van der Waals surface area contributed by atoms with E-state index in [9.17, 15) is 26.3 Å². The summed E-state index contributed by atoms with van der Waals surface area (Å²) in [6.07, 6.45) is -9.11. The van der Waals surface area contributed by atoms with Crippen LogP contribution in [0, 0.1) is 6.92 Å². The van der Waals surface area contributed by atoms with Crippen molar-refractivity contribution in [1.82, 2.24) is 0 Å². The Hall–Kier alpha value is -1.98. The zero-order valence-electron chi connectivity index (χ0n) is 11.9. The highest BCUT2D eigenvalue weighted by Crippen LogP contribution is 2.45. The Bertz CT molecular complexity index is 682. The molecule has 0 heterocycles. The molecule has 0 unspecified atom stereocenters. The number of halogens is 6. The van der Waals surface area contributed by atoms with Gasteiger partial charge in [-0.2, -0.15) is 26.3 Å². The largest absolute Gasteiger partial charge is 0.417 e. The molecule has 23 heavy (non-hydrogen) atoms. The van der Waals surface area contributed by atoms with E-state index in [2.05, 4.69) is 6.92 Å². The molecule has 2 aromatic carbocycles. The molecule has 0 saturated carbocycles. The molecule has 1 radical (unpaired) electrons. The number of benzene rings is 2.